The van der Waals surface area contributed by atoms with Crippen molar-refractivity contribution in [3.63, 3.8) is 0 Å². The number of likely N-dealkylation sites (tertiary alicyclic amines) is 1. The van der Waals surface area contributed by atoms with Gasteiger partial charge >= 0.3 is 5.97 Å². The largest absolute Gasteiger partial charge is 0.508 e. The number of phenolic OH excluding ortho intramolecular Hbond substituents is 1. The number of esters is 1. The zero-order valence-corrected chi connectivity index (χ0v) is 20.0. The summed E-state index contributed by atoms with van der Waals surface area (Å²) in [7, 11) is 0. The molecule has 0 unspecified atom stereocenters. The monoisotopic (exact) mass is 444 g/mol. The van der Waals surface area contributed by atoms with Crippen molar-refractivity contribution in [3.8, 4) is 5.75 Å². The first-order chi connectivity index (χ1) is 15.3. The van der Waals surface area contributed by atoms with Gasteiger partial charge in [-0.1, -0.05) is 45.2 Å². The number of phenols is 1. The molecule has 0 bridgehead atoms. The van der Waals surface area contributed by atoms with E-state index in [1.807, 2.05) is 17.0 Å². The third-order valence-corrected chi connectivity index (χ3v) is 7.67. The van der Waals surface area contributed by atoms with Gasteiger partial charge in [0.2, 0.25) is 5.91 Å². The Morgan fingerprint density at radius 2 is 2.00 bits per heavy atom. The van der Waals surface area contributed by atoms with Crippen LogP contribution in [0.15, 0.2) is 24.3 Å². The molecule has 1 aliphatic carbocycles. The Kier molecular flexibility index (Phi) is 8.57. The van der Waals surface area contributed by atoms with Gasteiger partial charge in [-0.05, 0) is 61.8 Å². The van der Waals surface area contributed by atoms with E-state index in [4.69, 9.17) is 4.74 Å². The first kappa shape index (κ1) is 24.6. The molecule has 1 saturated carbocycles. The Morgan fingerprint density at radius 1 is 1.25 bits per heavy atom. The number of piperidine rings is 1. The number of ether oxygens (including phenoxy) is 1. The molecule has 0 radical (unpaired) electrons. The van der Waals surface area contributed by atoms with Gasteiger partial charge in [-0.25, -0.2) is 0 Å². The topological polar surface area (TPSA) is 70.1 Å². The second-order valence-electron chi connectivity index (χ2n) is 9.78. The van der Waals surface area contributed by atoms with Crippen LogP contribution in [0.3, 0.4) is 0 Å². The molecule has 2 fully saturated rings. The molecule has 32 heavy (non-hydrogen) atoms. The van der Waals surface area contributed by atoms with Gasteiger partial charge in [-0.15, -0.1) is 0 Å². The van der Waals surface area contributed by atoms with E-state index < -0.39 is 5.97 Å². The van der Waals surface area contributed by atoms with Crippen molar-refractivity contribution >= 4 is 11.9 Å². The third-order valence-electron chi connectivity index (χ3n) is 7.67. The minimum atomic E-state index is -0.424. The number of rotatable bonds is 8. The van der Waals surface area contributed by atoms with Gasteiger partial charge in [0, 0.05) is 25.7 Å². The van der Waals surface area contributed by atoms with Crippen LogP contribution < -0.4 is 0 Å². The lowest BCUT2D eigenvalue weighted by molar-refractivity contribution is -0.149. The maximum absolute atomic E-state index is 13.0. The fourth-order valence-corrected chi connectivity index (χ4v) is 5.40. The minimum Gasteiger partial charge on any atom is -0.508 e. The normalized spacial score (nSPS) is 24.8. The van der Waals surface area contributed by atoms with E-state index in [9.17, 15) is 14.7 Å². The molecular formula is C26H40N2O4. The lowest BCUT2D eigenvalue weighted by Gasteiger charge is -2.46. The summed E-state index contributed by atoms with van der Waals surface area (Å²) in [6, 6.07) is 7.90. The van der Waals surface area contributed by atoms with Crippen LogP contribution in [0.1, 0.15) is 71.3 Å². The highest BCUT2D eigenvalue weighted by atomic mass is 16.5. The van der Waals surface area contributed by atoms with Crippen molar-refractivity contribution in [2.45, 2.75) is 77.2 Å². The fraction of sp³-hybridized carbons (Fsp3) is 0.692. The molecule has 6 nitrogen and oxygen atoms in total. The molecule has 0 spiro atoms. The summed E-state index contributed by atoms with van der Waals surface area (Å²) >= 11 is 0. The van der Waals surface area contributed by atoms with E-state index in [-0.39, 0.29) is 23.8 Å². The van der Waals surface area contributed by atoms with Crippen molar-refractivity contribution in [2.24, 2.45) is 5.92 Å². The fourth-order valence-electron chi connectivity index (χ4n) is 5.40. The number of benzene rings is 1. The molecular weight excluding hydrogens is 404 g/mol. The second-order valence-corrected chi connectivity index (χ2v) is 9.78. The summed E-state index contributed by atoms with van der Waals surface area (Å²) in [6.45, 7) is 10.0. The van der Waals surface area contributed by atoms with Gasteiger partial charge < -0.3 is 19.6 Å². The van der Waals surface area contributed by atoms with Gasteiger partial charge in [0.1, 0.15) is 12.2 Å². The van der Waals surface area contributed by atoms with Crippen LogP contribution in [0.4, 0.5) is 0 Å². The summed E-state index contributed by atoms with van der Waals surface area (Å²) in [5.74, 6) is 0.231. The predicted octanol–water partition coefficient (Wildman–Crippen LogP) is 4.11. The molecule has 6 heteroatoms. The molecule has 1 amide bonds. The van der Waals surface area contributed by atoms with E-state index in [0.717, 1.165) is 51.7 Å². The highest BCUT2D eigenvalue weighted by molar-refractivity contribution is 5.94. The molecule has 1 aliphatic heterocycles. The molecule has 0 aromatic heterocycles. The maximum atomic E-state index is 13.0. The van der Waals surface area contributed by atoms with Crippen LogP contribution in [0.2, 0.25) is 0 Å². The van der Waals surface area contributed by atoms with Crippen molar-refractivity contribution in [1.82, 2.24) is 9.80 Å². The molecule has 178 valence electrons. The summed E-state index contributed by atoms with van der Waals surface area (Å²) in [4.78, 5) is 29.3. The molecule has 1 aromatic carbocycles. The number of hydrogen-bond acceptors (Lipinski definition) is 5. The number of amides is 1. The van der Waals surface area contributed by atoms with Crippen LogP contribution in [-0.4, -0.2) is 65.6 Å². The van der Waals surface area contributed by atoms with E-state index in [1.165, 1.54) is 12.0 Å². The van der Waals surface area contributed by atoms with Crippen LogP contribution >= 0.6 is 0 Å². The van der Waals surface area contributed by atoms with Crippen LogP contribution in [0.25, 0.3) is 0 Å². The summed E-state index contributed by atoms with van der Waals surface area (Å²) in [5, 5.41) is 9.93. The van der Waals surface area contributed by atoms with Gasteiger partial charge in [0.25, 0.3) is 0 Å². The predicted molar refractivity (Wildman–Crippen MR) is 126 cm³/mol. The molecule has 2 aliphatic rings. The highest BCUT2D eigenvalue weighted by Crippen LogP contribution is 2.40. The third kappa shape index (κ3) is 6.03. The van der Waals surface area contributed by atoms with Crippen molar-refractivity contribution < 1.29 is 19.4 Å². The van der Waals surface area contributed by atoms with Crippen LogP contribution in [-0.2, 0) is 19.7 Å². The number of carbonyl (C=O) groups is 2. The Balaban J connectivity index is 1.61. The summed E-state index contributed by atoms with van der Waals surface area (Å²) in [6.07, 6.45) is 6.44. The van der Waals surface area contributed by atoms with Crippen LogP contribution in [0, 0.1) is 5.92 Å². The average molecular weight is 445 g/mol. The summed E-state index contributed by atoms with van der Waals surface area (Å²) < 4.78 is 5.02. The van der Waals surface area contributed by atoms with Gasteiger partial charge in [-0.3, -0.25) is 9.59 Å². The molecule has 1 N–H and O–H groups in total. The average Bonchev–Trinajstić information content (AvgIpc) is 2.77. The quantitative estimate of drug-likeness (QED) is 0.483. The lowest BCUT2D eigenvalue weighted by atomic mass is 9.68. The van der Waals surface area contributed by atoms with E-state index in [0.29, 0.717) is 24.8 Å². The van der Waals surface area contributed by atoms with Gasteiger partial charge in [0.05, 0.1) is 6.61 Å². The minimum absolute atomic E-state index is 0.0258. The van der Waals surface area contributed by atoms with Crippen LogP contribution in [0.5, 0.6) is 5.75 Å². The number of hydrogen-bond donors (Lipinski definition) is 1. The SMILES string of the molecule is CCOC(=O)CC(=O)N(CCN1CC[C@](C)(c2cccc(O)c2)[C@@H](C)C1)C1CCCCC1. The van der Waals surface area contributed by atoms with Gasteiger partial charge in [-0.2, -0.15) is 0 Å². The van der Waals surface area contributed by atoms with Crippen molar-refractivity contribution in [2.75, 3.05) is 32.8 Å². The van der Waals surface area contributed by atoms with E-state index >= 15 is 0 Å². The Labute approximate surface area is 192 Å². The first-order valence-corrected chi connectivity index (χ1v) is 12.3. The smallest absolute Gasteiger partial charge is 0.315 e. The molecule has 2 atom stereocenters. The van der Waals surface area contributed by atoms with Crippen molar-refractivity contribution in [3.05, 3.63) is 29.8 Å². The summed E-state index contributed by atoms with van der Waals surface area (Å²) in [5.41, 5.74) is 1.22. The zero-order valence-electron chi connectivity index (χ0n) is 20.0. The molecule has 1 aromatic rings. The van der Waals surface area contributed by atoms with E-state index in [2.05, 4.69) is 24.8 Å². The highest BCUT2D eigenvalue weighted by Gasteiger charge is 2.38. The zero-order chi connectivity index (χ0) is 23.1. The number of nitrogens with zero attached hydrogens (tertiary/aromatic N) is 2. The standard InChI is InChI=1S/C26H40N2O4/c1-4-32-25(31)18-24(30)28(22-10-6-5-7-11-22)16-15-27-14-13-26(3,20(2)19-27)21-9-8-12-23(29)17-21/h8-9,12,17,20,22,29H,4-7,10-11,13-16,18-19H2,1-3H3/t20-,26-/m0/s1. The first-order valence-electron chi connectivity index (χ1n) is 12.3. The Bertz CT molecular complexity index is 777. The maximum Gasteiger partial charge on any atom is 0.315 e. The Hall–Kier alpha value is -2.08. The molecule has 1 saturated heterocycles. The Morgan fingerprint density at radius 3 is 2.66 bits per heavy atom. The number of aromatic hydroxyl groups is 1. The molecule has 1 heterocycles. The van der Waals surface area contributed by atoms with Gasteiger partial charge in [0.15, 0.2) is 0 Å². The number of carbonyl (C=O) groups excluding carboxylic acids is 2. The van der Waals surface area contributed by atoms with E-state index in [1.54, 1.807) is 13.0 Å². The lowest BCUT2D eigenvalue weighted by Crippen LogP contribution is -2.51. The second kappa shape index (κ2) is 11.2. The molecule has 3 rings (SSSR count). The van der Waals surface area contributed by atoms with Crippen molar-refractivity contribution in [1.29, 1.82) is 0 Å².